The number of esters is 1. The molecule has 118 valence electrons. The van der Waals surface area contributed by atoms with Gasteiger partial charge in [0, 0.05) is 12.1 Å². The second-order valence-electron chi connectivity index (χ2n) is 5.01. The third-order valence-corrected chi connectivity index (χ3v) is 3.61. The molecule has 1 aliphatic heterocycles. The third-order valence-electron chi connectivity index (χ3n) is 3.61. The number of hydrogen-bond acceptors (Lipinski definition) is 5. The summed E-state index contributed by atoms with van der Waals surface area (Å²) in [4.78, 5) is 37.3. The number of carbonyl (C=O) groups is 3. The van der Waals surface area contributed by atoms with Gasteiger partial charge in [-0.1, -0.05) is 0 Å². The highest BCUT2D eigenvalue weighted by Gasteiger charge is 2.35. The van der Waals surface area contributed by atoms with Crippen LogP contribution in [0.4, 0.5) is 0 Å². The zero-order valence-electron chi connectivity index (χ0n) is 12.7. The first kappa shape index (κ1) is 16.0. The Labute approximate surface area is 129 Å². The van der Waals surface area contributed by atoms with Gasteiger partial charge in [0.15, 0.2) is 5.78 Å². The first-order valence-electron chi connectivity index (χ1n) is 7.19. The van der Waals surface area contributed by atoms with Gasteiger partial charge in [-0.25, -0.2) is 0 Å². The number of ether oxygens (including phenoxy) is 2. The minimum atomic E-state index is -0.755. The van der Waals surface area contributed by atoms with E-state index < -0.39 is 11.9 Å². The average molecular weight is 305 g/mol. The second kappa shape index (κ2) is 7.06. The molecule has 0 spiro atoms. The van der Waals surface area contributed by atoms with E-state index >= 15 is 0 Å². The zero-order chi connectivity index (χ0) is 16.1. The van der Waals surface area contributed by atoms with Gasteiger partial charge in [-0.05, 0) is 37.6 Å². The van der Waals surface area contributed by atoms with Crippen molar-refractivity contribution in [3.8, 4) is 5.75 Å². The number of rotatable bonds is 4. The van der Waals surface area contributed by atoms with Gasteiger partial charge in [-0.15, -0.1) is 0 Å². The molecule has 6 nitrogen and oxygen atoms in total. The number of piperidine rings is 1. The largest absolute Gasteiger partial charge is 0.494 e. The molecule has 0 aliphatic carbocycles. The molecule has 22 heavy (non-hydrogen) atoms. The van der Waals surface area contributed by atoms with Crippen LogP contribution in [0.2, 0.25) is 0 Å². The summed E-state index contributed by atoms with van der Waals surface area (Å²) in [6.07, 6.45) is 0.300. The van der Waals surface area contributed by atoms with Crippen LogP contribution in [-0.4, -0.2) is 49.4 Å². The highest BCUT2D eigenvalue weighted by atomic mass is 16.5. The third kappa shape index (κ3) is 3.44. The van der Waals surface area contributed by atoms with Gasteiger partial charge < -0.3 is 14.4 Å². The number of hydrogen-bond donors (Lipinski definition) is 0. The molecule has 6 heteroatoms. The predicted molar refractivity (Wildman–Crippen MR) is 78.6 cm³/mol. The molecule has 1 amide bonds. The Morgan fingerprint density at radius 3 is 2.50 bits per heavy atom. The molecule has 1 unspecified atom stereocenters. The monoisotopic (exact) mass is 305 g/mol. The summed E-state index contributed by atoms with van der Waals surface area (Å²) in [6.45, 7) is 2.74. The van der Waals surface area contributed by atoms with E-state index in [1.165, 1.54) is 12.0 Å². The van der Waals surface area contributed by atoms with Gasteiger partial charge in [0.25, 0.3) is 5.91 Å². The van der Waals surface area contributed by atoms with E-state index in [9.17, 15) is 14.4 Å². The van der Waals surface area contributed by atoms with Crippen LogP contribution in [0.15, 0.2) is 24.3 Å². The first-order chi connectivity index (χ1) is 10.6. The van der Waals surface area contributed by atoms with Crippen LogP contribution in [0.1, 0.15) is 23.7 Å². The molecule has 1 atom stereocenters. The molecule has 1 aliphatic rings. The standard InChI is InChI=1S/C16H19NO5/c1-3-22-12-6-4-11(5-7-12)15(19)17-9-8-13(14(18)10-17)16(20)21-2/h4-7,13H,3,8-10H2,1-2H3. The fourth-order valence-electron chi connectivity index (χ4n) is 2.43. The molecule has 1 fully saturated rings. The molecule has 0 N–H and O–H groups in total. The fourth-order valence-corrected chi connectivity index (χ4v) is 2.43. The molecule has 0 aromatic heterocycles. The summed E-state index contributed by atoms with van der Waals surface area (Å²) in [5.41, 5.74) is 0.493. The molecule has 0 bridgehead atoms. The number of methoxy groups -OCH3 is 1. The summed E-state index contributed by atoms with van der Waals surface area (Å²) >= 11 is 0. The van der Waals surface area contributed by atoms with Crippen LogP contribution in [0.3, 0.4) is 0 Å². The number of ketones is 1. The van der Waals surface area contributed by atoms with Gasteiger partial charge in [0.05, 0.1) is 20.3 Å². The molecule has 1 heterocycles. The minimum absolute atomic E-state index is 0.0637. The maximum Gasteiger partial charge on any atom is 0.316 e. The van der Waals surface area contributed by atoms with Crippen molar-refractivity contribution in [2.45, 2.75) is 13.3 Å². The smallest absolute Gasteiger partial charge is 0.316 e. The minimum Gasteiger partial charge on any atom is -0.494 e. The Bertz CT molecular complexity index is 566. The van der Waals surface area contributed by atoms with E-state index in [1.54, 1.807) is 24.3 Å². The van der Waals surface area contributed by atoms with E-state index in [0.29, 0.717) is 30.9 Å². The lowest BCUT2D eigenvalue weighted by atomic mass is 9.95. The SMILES string of the molecule is CCOc1ccc(C(=O)N2CCC(C(=O)OC)C(=O)C2)cc1. The van der Waals surface area contributed by atoms with Crippen molar-refractivity contribution in [2.75, 3.05) is 26.8 Å². The van der Waals surface area contributed by atoms with Gasteiger partial charge in [0.1, 0.15) is 11.7 Å². The van der Waals surface area contributed by atoms with Gasteiger partial charge in [0.2, 0.25) is 0 Å². The molecular weight excluding hydrogens is 286 g/mol. The molecule has 0 radical (unpaired) electrons. The van der Waals surface area contributed by atoms with Crippen molar-refractivity contribution in [3.63, 3.8) is 0 Å². The van der Waals surface area contributed by atoms with Gasteiger partial charge in [-0.3, -0.25) is 14.4 Å². The summed E-state index contributed by atoms with van der Waals surface area (Å²) in [5, 5.41) is 0. The normalized spacial score (nSPS) is 18.0. The second-order valence-corrected chi connectivity index (χ2v) is 5.01. The number of amides is 1. The highest BCUT2D eigenvalue weighted by molar-refractivity contribution is 6.04. The van der Waals surface area contributed by atoms with Crippen LogP contribution in [0, 0.1) is 5.92 Å². The molecule has 0 saturated carbocycles. The molecule has 1 saturated heterocycles. The molecule has 1 aromatic rings. The Morgan fingerprint density at radius 2 is 1.95 bits per heavy atom. The summed E-state index contributed by atoms with van der Waals surface area (Å²) < 4.78 is 9.92. The van der Waals surface area contributed by atoms with Crippen LogP contribution in [0.5, 0.6) is 5.75 Å². The van der Waals surface area contributed by atoms with E-state index in [4.69, 9.17) is 4.74 Å². The lowest BCUT2D eigenvalue weighted by molar-refractivity contribution is -0.151. The van der Waals surface area contributed by atoms with Crippen molar-refractivity contribution in [1.29, 1.82) is 0 Å². The summed E-state index contributed by atoms with van der Waals surface area (Å²) in [7, 11) is 1.26. The number of nitrogens with zero attached hydrogens (tertiary/aromatic N) is 1. The number of carbonyl (C=O) groups excluding carboxylic acids is 3. The molecule has 1 aromatic carbocycles. The number of benzene rings is 1. The summed E-state index contributed by atoms with van der Waals surface area (Å²) in [6, 6.07) is 6.79. The lowest BCUT2D eigenvalue weighted by Gasteiger charge is -2.29. The van der Waals surface area contributed by atoms with E-state index in [2.05, 4.69) is 4.74 Å². The van der Waals surface area contributed by atoms with E-state index in [1.807, 2.05) is 6.92 Å². The van der Waals surface area contributed by atoms with Crippen molar-refractivity contribution in [2.24, 2.45) is 5.92 Å². The number of likely N-dealkylation sites (tertiary alicyclic amines) is 1. The number of Topliss-reactive ketones (excluding diaryl/α,β-unsaturated/α-hetero) is 1. The Balaban J connectivity index is 2.02. The van der Waals surface area contributed by atoms with Crippen molar-refractivity contribution in [1.82, 2.24) is 4.90 Å². The highest BCUT2D eigenvalue weighted by Crippen LogP contribution is 2.19. The Hall–Kier alpha value is -2.37. The van der Waals surface area contributed by atoms with Gasteiger partial charge in [-0.2, -0.15) is 0 Å². The first-order valence-corrected chi connectivity index (χ1v) is 7.19. The molecule has 2 rings (SSSR count). The predicted octanol–water partition coefficient (Wildman–Crippen LogP) is 1.29. The quantitative estimate of drug-likeness (QED) is 0.619. The maximum absolute atomic E-state index is 12.4. The fraction of sp³-hybridized carbons (Fsp3) is 0.438. The van der Waals surface area contributed by atoms with Gasteiger partial charge >= 0.3 is 5.97 Å². The van der Waals surface area contributed by atoms with Crippen LogP contribution in [0.25, 0.3) is 0 Å². The lowest BCUT2D eigenvalue weighted by Crippen LogP contribution is -2.46. The Morgan fingerprint density at radius 1 is 1.27 bits per heavy atom. The van der Waals surface area contributed by atoms with Crippen molar-refractivity contribution < 1.29 is 23.9 Å². The van der Waals surface area contributed by atoms with Crippen molar-refractivity contribution in [3.05, 3.63) is 29.8 Å². The van der Waals surface area contributed by atoms with Crippen LogP contribution >= 0.6 is 0 Å². The zero-order valence-corrected chi connectivity index (χ0v) is 12.7. The average Bonchev–Trinajstić information content (AvgIpc) is 2.54. The van der Waals surface area contributed by atoms with E-state index in [-0.39, 0.29) is 18.2 Å². The van der Waals surface area contributed by atoms with Crippen LogP contribution in [-0.2, 0) is 14.3 Å². The van der Waals surface area contributed by atoms with Crippen LogP contribution < -0.4 is 4.74 Å². The Kier molecular flexibility index (Phi) is 5.14. The van der Waals surface area contributed by atoms with E-state index in [0.717, 1.165) is 0 Å². The van der Waals surface area contributed by atoms with Crippen molar-refractivity contribution >= 4 is 17.7 Å². The summed E-state index contributed by atoms with van der Waals surface area (Å²) in [5.74, 6) is -1.09. The maximum atomic E-state index is 12.4. The molecular formula is C16H19NO5. The topological polar surface area (TPSA) is 72.9 Å².